The largest absolute Gasteiger partial charge is 0.455 e. The van der Waals surface area contributed by atoms with Crippen molar-refractivity contribution in [1.29, 1.82) is 0 Å². The number of benzene rings is 10. The van der Waals surface area contributed by atoms with Crippen LogP contribution in [0.25, 0.3) is 55.3 Å². The van der Waals surface area contributed by atoms with E-state index in [1.54, 1.807) is 0 Å². The quantitative estimate of drug-likeness (QED) is 0.115. The molecule has 2 unspecified atom stereocenters. The topological polar surface area (TPSA) is 13.1 Å². The molecule has 10 aromatic carbocycles. The van der Waals surface area contributed by atoms with Crippen LogP contribution in [-0.2, 0) is 0 Å². The molecule has 0 saturated heterocycles. The van der Waals surface area contributed by atoms with E-state index in [1.165, 1.54) is 81.9 Å². The van der Waals surface area contributed by atoms with Gasteiger partial charge in [0.15, 0.2) is 8.07 Å². The fourth-order valence-corrected chi connectivity index (χ4v) is 16.7. The summed E-state index contributed by atoms with van der Waals surface area (Å²) in [6.07, 6.45) is 0. The van der Waals surface area contributed by atoms with Gasteiger partial charge >= 0.3 is 0 Å². The van der Waals surface area contributed by atoms with E-state index in [2.05, 4.69) is 243 Å². The van der Waals surface area contributed by atoms with E-state index in [9.17, 15) is 0 Å². The number of para-hydroxylation sites is 2. The number of rotatable bonds is 7. The molecule has 2 heteroatoms. The third-order valence-corrected chi connectivity index (χ3v) is 19.0. The summed E-state index contributed by atoms with van der Waals surface area (Å²) in [5, 5.41) is 7.86. The minimum atomic E-state index is -3.17. The highest BCUT2D eigenvalue weighted by atomic mass is 28.3. The molecule has 64 heavy (non-hydrogen) atoms. The van der Waals surface area contributed by atoms with Gasteiger partial charge < -0.3 is 4.42 Å². The highest BCUT2D eigenvalue weighted by molar-refractivity contribution is 7.20. The average molecular weight is 831 g/mol. The van der Waals surface area contributed by atoms with E-state index in [4.69, 9.17) is 4.42 Å². The Labute approximate surface area is 374 Å². The molecule has 0 spiro atoms. The van der Waals surface area contributed by atoms with Gasteiger partial charge in [-0.05, 0) is 88.0 Å². The third-order valence-electron chi connectivity index (χ3n) is 14.2. The smallest absolute Gasteiger partial charge is 0.179 e. The highest BCUT2D eigenvalue weighted by Crippen LogP contribution is 2.58. The molecule has 0 radical (unpaired) electrons. The fourth-order valence-electron chi connectivity index (χ4n) is 11.6. The maximum atomic E-state index is 6.80. The van der Waals surface area contributed by atoms with Gasteiger partial charge in [0.05, 0.1) is 0 Å². The molecule has 1 aromatic heterocycles. The van der Waals surface area contributed by atoms with Gasteiger partial charge in [0.2, 0.25) is 0 Å². The van der Waals surface area contributed by atoms with Gasteiger partial charge in [0, 0.05) is 28.2 Å². The molecule has 0 fully saturated rings. The average Bonchev–Trinajstić information content (AvgIpc) is 3.77. The van der Waals surface area contributed by atoms with Gasteiger partial charge in [0.25, 0.3) is 0 Å². The monoisotopic (exact) mass is 830 g/mol. The molecule has 2 bridgehead atoms. The van der Waals surface area contributed by atoms with Crippen molar-refractivity contribution in [2.75, 3.05) is 0 Å². The molecule has 3 aliphatic rings. The van der Waals surface area contributed by atoms with Gasteiger partial charge in [-0.2, -0.15) is 0 Å². The number of furan rings is 1. The maximum Gasteiger partial charge on any atom is 0.179 e. The van der Waals surface area contributed by atoms with Crippen molar-refractivity contribution in [2.45, 2.75) is 11.8 Å². The van der Waals surface area contributed by atoms with Gasteiger partial charge in [-0.3, -0.25) is 0 Å². The Morgan fingerprint density at radius 3 is 1.47 bits per heavy atom. The first-order valence-electron chi connectivity index (χ1n) is 22.4. The molecule has 0 saturated carbocycles. The number of hydrogen-bond donors (Lipinski definition) is 0. The van der Waals surface area contributed by atoms with Crippen LogP contribution in [-0.4, -0.2) is 8.07 Å². The summed E-state index contributed by atoms with van der Waals surface area (Å²) in [5.41, 5.74) is 17.6. The summed E-state index contributed by atoms with van der Waals surface area (Å²) < 4.78 is 6.80. The summed E-state index contributed by atoms with van der Waals surface area (Å²) in [4.78, 5) is 0. The lowest BCUT2D eigenvalue weighted by Gasteiger charge is -2.47. The van der Waals surface area contributed by atoms with Crippen molar-refractivity contribution in [3.8, 4) is 33.4 Å². The van der Waals surface area contributed by atoms with Crippen molar-refractivity contribution in [3.63, 3.8) is 0 Å². The molecule has 1 heterocycles. The Kier molecular flexibility index (Phi) is 8.44. The van der Waals surface area contributed by atoms with Crippen LogP contribution < -0.4 is 20.7 Å². The van der Waals surface area contributed by atoms with E-state index in [-0.39, 0.29) is 11.8 Å². The molecule has 1 nitrogen and oxygen atoms in total. The first-order chi connectivity index (χ1) is 31.8. The molecule has 2 atom stereocenters. The van der Waals surface area contributed by atoms with Crippen LogP contribution in [0.15, 0.2) is 247 Å². The second-order valence-electron chi connectivity index (χ2n) is 17.4. The van der Waals surface area contributed by atoms with Crippen LogP contribution >= 0.6 is 0 Å². The summed E-state index contributed by atoms with van der Waals surface area (Å²) in [5.74, 6) is 0.0678. The molecule has 300 valence electrons. The summed E-state index contributed by atoms with van der Waals surface area (Å²) in [6.45, 7) is 0. The van der Waals surface area contributed by atoms with Crippen molar-refractivity contribution >= 4 is 50.8 Å². The molecule has 3 aliphatic carbocycles. The lowest BCUT2D eigenvalue weighted by molar-refractivity contribution is 0.669. The Morgan fingerprint density at radius 2 is 0.781 bits per heavy atom. The molecule has 0 aliphatic heterocycles. The first kappa shape index (κ1) is 36.8. The van der Waals surface area contributed by atoms with Crippen LogP contribution in [0.2, 0.25) is 0 Å². The van der Waals surface area contributed by atoms with Crippen LogP contribution in [0.1, 0.15) is 45.2 Å². The van der Waals surface area contributed by atoms with E-state index >= 15 is 0 Å². The maximum absolute atomic E-state index is 6.80. The molecule has 14 rings (SSSR count). The zero-order valence-corrected chi connectivity index (χ0v) is 36.2. The Hall–Kier alpha value is -7.78. The first-order valence-corrected chi connectivity index (χ1v) is 24.4. The van der Waals surface area contributed by atoms with Crippen molar-refractivity contribution in [3.05, 3.63) is 276 Å². The van der Waals surface area contributed by atoms with Crippen LogP contribution in [0.5, 0.6) is 0 Å². The summed E-state index contributed by atoms with van der Waals surface area (Å²) >= 11 is 0. The standard InChI is InChI=1S/C62H42OSi/c1-4-19-41(20-5-1)43-23-14-27-46(39-43)64(45-25-8-3-9-26-45,47-28-15-24-44(40-47)42-21-6-2-7-22-42)57-38-18-36-55-58-49-30-10-11-31-50(49)61(60(55)57)59-51(32-16-35-54(58)59)53-34-17-33-52-48-29-12-13-37-56(48)63-62(52)53/h1-40,58,61H. The van der Waals surface area contributed by atoms with Gasteiger partial charge in [-0.15, -0.1) is 0 Å². The highest BCUT2D eigenvalue weighted by Gasteiger charge is 2.50. The van der Waals surface area contributed by atoms with E-state index < -0.39 is 8.07 Å². The zero-order chi connectivity index (χ0) is 42.2. The number of hydrogen-bond acceptors (Lipinski definition) is 1. The Morgan fingerprint density at radius 1 is 0.312 bits per heavy atom. The summed E-state index contributed by atoms with van der Waals surface area (Å²) in [7, 11) is -3.17. The molecule has 0 amide bonds. The zero-order valence-electron chi connectivity index (χ0n) is 35.2. The van der Waals surface area contributed by atoms with E-state index in [0.717, 1.165) is 27.5 Å². The Balaban J connectivity index is 1.15. The lowest BCUT2D eigenvalue weighted by atomic mass is 9.60. The predicted molar refractivity (Wildman–Crippen MR) is 268 cm³/mol. The molecule has 11 aromatic rings. The number of fused-ring (bicyclic) bond motifs is 3. The predicted octanol–water partition coefficient (Wildman–Crippen LogP) is 13.0. The molecular formula is C62H42OSi. The van der Waals surface area contributed by atoms with Gasteiger partial charge in [0.1, 0.15) is 11.2 Å². The van der Waals surface area contributed by atoms with Crippen molar-refractivity contribution < 1.29 is 4.42 Å². The Bertz CT molecular complexity index is 3490. The van der Waals surface area contributed by atoms with Gasteiger partial charge in [-0.25, -0.2) is 0 Å². The van der Waals surface area contributed by atoms with Crippen molar-refractivity contribution in [1.82, 2.24) is 0 Å². The molecule has 0 N–H and O–H groups in total. The minimum absolute atomic E-state index is 0.0107. The van der Waals surface area contributed by atoms with Crippen LogP contribution in [0, 0.1) is 0 Å². The van der Waals surface area contributed by atoms with E-state index in [1.807, 2.05) is 0 Å². The summed E-state index contributed by atoms with van der Waals surface area (Å²) in [6, 6.07) is 91.0. The SMILES string of the molecule is c1ccc(-c2cccc([Si](c3ccccc3)(c3cccc(-c4ccccc4)c3)c3cccc4c3C3c5ccccc5C4c4cccc(-c5cccc6c5oc5ccccc56)c43)c2)cc1. The third kappa shape index (κ3) is 5.43. The van der Waals surface area contributed by atoms with Crippen LogP contribution in [0.3, 0.4) is 0 Å². The van der Waals surface area contributed by atoms with Crippen molar-refractivity contribution in [2.24, 2.45) is 0 Å². The fraction of sp³-hybridized carbons (Fsp3) is 0.0323. The molecular weight excluding hydrogens is 789 g/mol. The van der Waals surface area contributed by atoms with Crippen LogP contribution in [0.4, 0.5) is 0 Å². The second kappa shape index (κ2) is 14.7. The second-order valence-corrected chi connectivity index (χ2v) is 21.2. The van der Waals surface area contributed by atoms with E-state index in [0.29, 0.717) is 0 Å². The minimum Gasteiger partial charge on any atom is -0.455 e. The van der Waals surface area contributed by atoms with Gasteiger partial charge in [-0.1, -0.05) is 237 Å². The lowest BCUT2D eigenvalue weighted by Crippen LogP contribution is -2.75. The normalized spacial score (nSPS) is 14.9.